The highest BCUT2D eigenvalue weighted by Gasteiger charge is 2.45. The van der Waals surface area contributed by atoms with Crippen molar-refractivity contribution in [1.82, 2.24) is 0 Å². The number of benzene rings is 3. The summed E-state index contributed by atoms with van der Waals surface area (Å²) in [4.78, 5) is 28.2. The van der Waals surface area contributed by atoms with Crippen LogP contribution in [-0.2, 0) is 4.79 Å². The van der Waals surface area contributed by atoms with Gasteiger partial charge in [0, 0.05) is 21.1 Å². The molecule has 4 aromatic rings. The molecule has 1 atom stereocenters. The van der Waals surface area contributed by atoms with E-state index in [1.807, 2.05) is 31.2 Å². The molecule has 0 fully saturated rings. The number of Topliss-reactive ketones (excluding diaryl/α,β-unsaturated/α-hetero) is 1. The molecule has 0 saturated heterocycles. The number of hydrogen-bond donors (Lipinski definition) is 1. The SMILES string of the molecule is Cc1cccc(C2C(C(=O)c3cc4cc(Cl)ccc4o3)=C(O)C(=O)N2c2cccc(Cl)c2)c1. The van der Waals surface area contributed by atoms with Crippen molar-refractivity contribution < 1.29 is 19.1 Å². The Labute approximate surface area is 199 Å². The molecule has 5 nitrogen and oxygen atoms in total. The van der Waals surface area contributed by atoms with Crippen LogP contribution in [0.25, 0.3) is 11.0 Å². The van der Waals surface area contributed by atoms with Crippen LogP contribution in [0, 0.1) is 6.92 Å². The molecule has 0 radical (unpaired) electrons. The van der Waals surface area contributed by atoms with Crippen molar-refractivity contribution in [3.63, 3.8) is 0 Å². The number of aliphatic hydroxyl groups is 1. The second-order valence-corrected chi connectivity index (χ2v) is 8.73. The van der Waals surface area contributed by atoms with Crippen LogP contribution in [0.5, 0.6) is 0 Å². The second kappa shape index (κ2) is 8.10. The topological polar surface area (TPSA) is 70.7 Å². The van der Waals surface area contributed by atoms with E-state index in [-0.39, 0.29) is 11.3 Å². The fourth-order valence-corrected chi connectivity index (χ4v) is 4.51. The van der Waals surface area contributed by atoms with Gasteiger partial charge in [0.1, 0.15) is 5.58 Å². The fourth-order valence-electron chi connectivity index (χ4n) is 4.14. The molecule has 2 heterocycles. The number of carbonyl (C=O) groups is 2. The van der Waals surface area contributed by atoms with Crippen LogP contribution in [0.3, 0.4) is 0 Å². The zero-order valence-electron chi connectivity index (χ0n) is 17.4. The maximum absolute atomic E-state index is 13.6. The van der Waals surface area contributed by atoms with Crippen LogP contribution in [0.4, 0.5) is 5.69 Å². The maximum atomic E-state index is 13.6. The zero-order chi connectivity index (χ0) is 23.3. The number of hydrogen-bond acceptors (Lipinski definition) is 4. The molecule has 5 rings (SSSR count). The molecule has 0 aliphatic carbocycles. The predicted molar refractivity (Wildman–Crippen MR) is 128 cm³/mol. The van der Waals surface area contributed by atoms with Crippen molar-refractivity contribution in [3.05, 3.63) is 111 Å². The minimum absolute atomic E-state index is 0.00668. The summed E-state index contributed by atoms with van der Waals surface area (Å²) < 4.78 is 5.74. The maximum Gasteiger partial charge on any atom is 0.294 e. The van der Waals surface area contributed by atoms with Gasteiger partial charge in [0.05, 0.1) is 11.6 Å². The molecule has 0 bridgehead atoms. The van der Waals surface area contributed by atoms with Crippen molar-refractivity contribution >= 4 is 51.5 Å². The monoisotopic (exact) mass is 477 g/mol. The minimum Gasteiger partial charge on any atom is -0.503 e. The van der Waals surface area contributed by atoms with Gasteiger partial charge >= 0.3 is 0 Å². The molecular formula is C26H17Cl2NO4. The summed E-state index contributed by atoms with van der Waals surface area (Å²) in [5.74, 6) is -1.88. The highest BCUT2D eigenvalue weighted by Crippen LogP contribution is 2.43. The highest BCUT2D eigenvalue weighted by atomic mass is 35.5. The quantitative estimate of drug-likeness (QED) is 0.327. The predicted octanol–water partition coefficient (Wildman–Crippen LogP) is 6.83. The van der Waals surface area contributed by atoms with Gasteiger partial charge in [0.2, 0.25) is 5.78 Å². The van der Waals surface area contributed by atoms with Crippen LogP contribution < -0.4 is 4.90 Å². The first-order valence-corrected chi connectivity index (χ1v) is 10.9. The van der Waals surface area contributed by atoms with Gasteiger partial charge in [-0.1, -0.05) is 59.1 Å². The zero-order valence-corrected chi connectivity index (χ0v) is 18.9. The van der Waals surface area contributed by atoms with Gasteiger partial charge in [-0.2, -0.15) is 0 Å². The van der Waals surface area contributed by atoms with E-state index >= 15 is 0 Å². The van der Waals surface area contributed by atoms with Crippen molar-refractivity contribution in [3.8, 4) is 0 Å². The van der Waals surface area contributed by atoms with E-state index in [0.29, 0.717) is 32.3 Å². The molecule has 0 saturated carbocycles. The number of carbonyl (C=O) groups excluding carboxylic acids is 2. The molecule has 33 heavy (non-hydrogen) atoms. The van der Waals surface area contributed by atoms with Crippen molar-refractivity contribution in [2.45, 2.75) is 13.0 Å². The van der Waals surface area contributed by atoms with Crippen LogP contribution in [0.2, 0.25) is 10.0 Å². The average Bonchev–Trinajstić information content (AvgIpc) is 3.32. The Balaban J connectivity index is 1.67. The highest BCUT2D eigenvalue weighted by molar-refractivity contribution is 6.31. The Morgan fingerprint density at radius 2 is 1.73 bits per heavy atom. The Morgan fingerprint density at radius 3 is 2.48 bits per heavy atom. The van der Waals surface area contributed by atoms with E-state index in [1.165, 1.54) is 4.90 Å². The van der Waals surface area contributed by atoms with E-state index in [1.54, 1.807) is 48.5 Å². The standard InChI is InChI=1S/C26H17Cl2NO4/c1-14-4-2-5-15(10-14)23-22(24(30)21-12-16-11-18(28)8-9-20(16)33-21)25(31)26(32)29(23)19-7-3-6-17(27)13-19/h2-13,23,31H,1H3. The molecule has 3 aromatic carbocycles. The first kappa shape index (κ1) is 21.3. The molecule has 164 valence electrons. The van der Waals surface area contributed by atoms with Gasteiger partial charge in [0.25, 0.3) is 5.91 Å². The molecule has 1 amide bonds. The first-order chi connectivity index (χ1) is 15.8. The second-order valence-electron chi connectivity index (χ2n) is 7.86. The third kappa shape index (κ3) is 3.69. The Hall–Kier alpha value is -3.54. The lowest BCUT2D eigenvalue weighted by molar-refractivity contribution is -0.117. The van der Waals surface area contributed by atoms with Gasteiger partial charge in [-0.05, 0) is 55.0 Å². The van der Waals surface area contributed by atoms with Gasteiger partial charge in [0.15, 0.2) is 11.5 Å². The van der Waals surface area contributed by atoms with E-state index in [4.69, 9.17) is 27.6 Å². The van der Waals surface area contributed by atoms with Crippen molar-refractivity contribution in [1.29, 1.82) is 0 Å². The molecule has 1 N–H and O–H groups in total. The number of nitrogens with zero attached hydrogens (tertiary/aromatic N) is 1. The third-order valence-corrected chi connectivity index (χ3v) is 6.07. The average molecular weight is 478 g/mol. The summed E-state index contributed by atoms with van der Waals surface area (Å²) in [6.07, 6.45) is 0. The molecule has 1 aromatic heterocycles. The number of furan rings is 1. The van der Waals surface area contributed by atoms with E-state index in [2.05, 4.69) is 0 Å². The van der Waals surface area contributed by atoms with Gasteiger partial charge < -0.3 is 9.52 Å². The molecule has 7 heteroatoms. The van der Waals surface area contributed by atoms with Gasteiger partial charge in [-0.3, -0.25) is 14.5 Å². The number of aliphatic hydroxyl groups excluding tert-OH is 1. The number of fused-ring (bicyclic) bond motifs is 1. The van der Waals surface area contributed by atoms with E-state index in [9.17, 15) is 14.7 Å². The fraction of sp³-hybridized carbons (Fsp3) is 0.0769. The first-order valence-electron chi connectivity index (χ1n) is 10.2. The lowest BCUT2D eigenvalue weighted by Crippen LogP contribution is -2.31. The van der Waals surface area contributed by atoms with Crippen molar-refractivity contribution in [2.75, 3.05) is 4.90 Å². The third-order valence-electron chi connectivity index (χ3n) is 5.60. The molecule has 1 unspecified atom stereocenters. The summed E-state index contributed by atoms with van der Waals surface area (Å²) in [5, 5.41) is 12.5. The van der Waals surface area contributed by atoms with Crippen LogP contribution in [0.15, 0.2) is 88.5 Å². The molecular weight excluding hydrogens is 461 g/mol. The largest absolute Gasteiger partial charge is 0.503 e. The number of amides is 1. The summed E-state index contributed by atoms with van der Waals surface area (Å²) in [6.45, 7) is 1.91. The normalized spacial score (nSPS) is 16.2. The molecule has 0 spiro atoms. The lowest BCUT2D eigenvalue weighted by Gasteiger charge is -2.27. The van der Waals surface area contributed by atoms with Crippen LogP contribution in [-0.4, -0.2) is 16.8 Å². The Morgan fingerprint density at radius 1 is 0.970 bits per heavy atom. The summed E-state index contributed by atoms with van der Waals surface area (Å²) in [5.41, 5.74) is 2.50. The lowest BCUT2D eigenvalue weighted by atomic mass is 9.94. The smallest absolute Gasteiger partial charge is 0.294 e. The van der Waals surface area contributed by atoms with Crippen LogP contribution >= 0.6 is 23.2 Å². The number of aryl methyl sites for hydroxylation is 1. The number of halogens is 2. The summed E-state index contributed by atoms with van der Waals surface area (Å²) in [7, 11) is 0. The van der Waals surface area contributed by atoms with E-state index < -0.39 is 23.5 Å². The number of ketones is 1. The number of anilines is 1. The van der Waals surface area contributed by atoms with Crippen LogP contribution in [0.1, 0.15) is 27.7 Å². The Kier molecular flexibility index (Phi) is 5.23. The number of rotatable bonds is 4. The van der Waals surface area contributed by atoms with Crippen molar-refractivity contribution in [2.24, 2.45) is 0 Å². The Bertz CT molecular complexity index is 1470. The van der Waals surface area contributed by atoms with E-state index in [0.717, 1.165) is 5.56 Å². The summed E-state index contributed by atoms with van der Waals surface area (Å²) >= 11 is 12.2. The summed E-state index contributed by atoms with van der Waals surface area (Å²) in [6, 6.07) is 19.9. The van der Waals surface area contributed by atoms with Gasteiger partial charge in [-0.25, -0.2) is 0 Å². The minimum atomic E-state index is -0.861. The molecule has 1 aliphatic rings. The van der Waals surface area contributed by atoms with Gasteiger partial charge in [-0.15, -0.1) is 0 Å². The molecule has 1 aliphatic heterocycles.